The first-order chi connectivity index (χ1) is 9.04. The number of hydrogen-bond acceptors (Lipinski definition) is 5. The number of aliphatic hydroxyl groups excluding tert-OH is 4. The molecule has 0 unspecified atom stereocenters. The lowest BCUT2D eigenvalue weighted by molar-refractivity contribution is -0.107. The van der Waals surface area contributed by atoms with Gasteiger partial charge >= 0.3 is 0 Å². The average Bonchev–Trinajstić information content (AvgIpc) is 2.76. The van der Waals surface area contributed by atoms with Crippen molar-refractivity contribution in [1.29, 1.82) is 0 Å². The number of imidazole rings is 1. The summed E-state index contributed by atoms with van der Waals surface area (Å²) >= 11 is 0. The van der Waals surface area contributed by atoms with Gasteiger partial charge in [-0.2, -0.15) is 0 Å². The lowest BCUT2D eigenvalue weighted by Crippen LogP contribution is -2.46. The van der Waals surface area contributed by atoms with Crippen molar-refractivity contribution in [3.8, 4) is 0 Å². The van der Waals surface area contributed by atoms with Crippen molar-refractivity contribution < 1.29 is 20.4 Å². The summed E-state index contributed by atoms with van der Waals surface area (Å²) < 4.78 is 1.62. The molecular formula is C13H16N2O4. The highest BCUT2D eigenvalue weighted by Crippen LogP contribution is 2.35. The van der Waals surface area contributed by atoms with Crippen LogP contribution in [0.5, 0.6) is 0 Å². The van der Waals surface area contributed by atoms with Gasteiger partial charge in [-0.05, 0) is 24.6 Å². The zero-order chi connectivity index (χ0) is 13.7. The Bertz CT molecular complexity index is 624. The molecule has 0 fully saturated rings. The minimum atomic E-state index is -1.34. The summed E-state index contributed by atoms with van der Waals surface area (Å²) in [5, 5.41) is 39.3. The largest absolute Gasteiger partial charge is 0.394 e. The number of rotatable bonds is 1. The van der Waals surface area contributed by atoms with Crippen molar-refractivity contribution in [1.82, 2.24) is 9.55 Å². The summed E-state index contributed by atoms with van der Waals surface area (Å²) in [4.78, 5) is 4.29. The van der Waals surface area contributed by atoms with Crippen molar-refractivity contribution in [2.75, 3.05) is 6.61 Å². The highest BCUT2D eigenvalue weighted by atomic mass is 16.4. The lowest BCUT2D eigenvalue weighted by Gasteiger charge is -2.35. The summed E-state index contributed by atoms with van der Waals surface area (Å²) in [6, 6.07) is 4.89. The van der Waals surface area contributed by atoms with Crippen LogP contribution in [0.4, 0.5) is 0 Å². The third-order valence-electron chi connectivity index (χ3n) is 3.72. The van der Waals surface area contributed by atoms with Gasteiger partial charge in [0.1, 0.15) is 24.1 Å². The number of aryl methyl sites for hydroxylation is 1. The molecule has 4 atom stereocenters. The predicted octanol–water partition coefficient (Wildman–Crippen LogP) is -0.353. The Kier molecular flexibility index (Phi) is 2.83. The third-order valence-corrected chi connectivity index (χ3v) is 3.72. The molecule has 0 aliphatic carbocycles. The molecule has 0 bridgehead atoms. The number of nitrogens with zero attached hydrogens (tertiary/aromatic N) is 2. The molecule has 6 heteroatoms. The van der Waals surface area contributed by atoms with Gasteiger partial charge < -0.3 is 25.0 Å². The SMILES string of the molecule is Cc1ccc2nc3n(c2c1)[C@@H](CO)[C@@H](O)[C@H](O)[C@H]3O. The summed E-state index contributed by atoms with van der Waals surface area (Å²) in [7, 11) is 0. The summed E-state index contributed by atoms with van der Waals surface area (Å²) in [5.41, 5.74) is 2.42. The fraction of sp³-hybridized carbons (Fsp3) is 0.462. The Morgan fingerprint density at radius 1 is 1.21 bits per heavy atom. The van der Waals surface area contributed by atoms with Gasteiger partial charge in [0.05, 0.1) is 23.7 Å². The summed E-state index contributed by atoms with van der Waals surface area (Å²) in [5.74, 6) is 0.275. The highest BCUT2D eigenvalue weighted by Gasteiger charge is 2.42. The standard InChI is InChI=1S/C13H16N2O4/c1-6-2-3-7-8(4-6)15-9(5-16)10(17)11(18)12(19)13(15)14-7/h2-4,9-12,16-19H,5H2,1H3/t9-,10+,11-,12+/m0/s1. The van der Waals surface area contributed by atoms with E-state index in [1.165, 1.54) is 0 Å². The van der Waals surface area contributed by atoms with Crippen molar-refractivity contribution in [3.05, 3.63) is 29.6 Å². The Labute approximate surface area is 109 Å². The molecule has 0 radical (unpaired) electrons. The van der Waals surface area contributed by atoms with E-state index < -0.39 is 24.4 Å². The summed E-state index contributed by atoms with van der Waals surface area (Å²) in [6.07, 6.45) is -3.83. The van der Waals surface area contributed by atoms with Gasteiger partial charge in [0.25, 0.3) is 0 Å². The molecule has 1 aliphatic rings. The molecule has 19 heavy (non-hydrogen) atoms. The second-order valence-corrected chi connectivity index (χ2v) is 5.01. The molecule has 1 aliphatic heterocycles. The van der Waals surface area contributed by atoms with Crippen molar-refractivity contribution in [3.63, 3.8) is 0 Å². The van der Waals surface area contributed by atoms with Crippen LogP contribution in [-0.4, -0.2) is 48.8 Å². The van der Waals surface area contributed by atoms with Crippen LogP contribution in [0.25, 0.3) is 11.0 Å². The minimum absolute atomic E-state index is 0.275. The fourth-order valence-electron chi connectivity index (χ4n) is 2.69. The molecule has 2 heterocycles. The number of aromatic nitrogens is 2. The van der Waals surface area contributed by atoms with Gasteiger partial charge in [0, 0.05) is 0 Å². The number of aliphatic hydroxyl groups is 4. The lowest BCUT2D eigenvalue weighted by atomic mass is 9.96. The molecule has 1 aromatic carbocycles. The second kappa shape index (κ2) is 4.28. The van der Waals surface area contributed by atoms with Crippen molar-refractivity contribution in [2.24, 2.45) is 0 Å². The van der Waals surface area contributed by atoms with E-state index in [1.54, 1.807) is 4.57 Å². The van der Waals surface area contributed by atoms with E-state index in [1.807, 2.05) is 25.1 Å². The van der Waals surface area contributed by atoms with E-state index in [0.717, 1.165) is 11.1 Å². The Balaban J connectivity index is 2.30. The highest BCUT2D eigenvalue weighted by molar-refractivity contribution is 5.77. The molecule has 3 rings (SSSR count). The van der Waals surface area contributed by atoms with E-state index in [9.17, 15) is 20.4 Å². The molecule has 0 saturated carbocycles. The Hall–Kier alpha value is -1.47. The van der Waals surface area contributed by atoms with Crippen LogP contribution in [0.2, 0.25) is 0 Å². The molecule has 4 N–H and O–H groups in total. The van der Waals surface area contributed by atoms with Crippen LogP contribution < -0.4 is 0 Å². The number of hydrogen-bond donors (Lipinski definition) is 4. The number of benzene rings is 1. The van der Waals surface area contributed by atoms with Crippen LogP contribution in [0.3, 0.4) is 0 Å². The van der Waals surface area contributed by atoms with Gasteiger partial charge in [-0.15, -0.1) is 0 Å². The van der Waals surface area contributed by atoms with Crippen LogP contribution in [0.1, 0.15) is 23.5 Å². The van der Waals surface area contributed by atoms with Crippen LogP contribution in [0, 0.1) is 6.92 Å². The van der Waals surface area contributed by atoms with Gasteiger partial charge in [-0.1, -0.05) is 6.07 Å². The minimum Gasteiger partial charge on any atom is -0.394 e. The van der Waals surface area contributed by atoms with Crippen LogP contribution in [0.15, 0.2) is 18.2 Å². The molecular weight excluding hydrogens is 248 g/mol. The van der Waals surface area contributed by atoms with E-state index in [4.69, 9.17) is 0 Å². The normalized spacial score (nSPS) is 30.6. The molecule has 2 aromatic rings. The molecule has 102 valence electrons. The van der Waals surface area contributed by atoms with Gasteiger partial charge in [0.15, 0.2) is 0 Å². The second-order valence-electron chi connectivity index (χ2n) is 5.01. The summed E-state index contributed by atoms with van der Waals surface area (Å²) in [6.45, 7) is 1.59. The first kappa shape index (κ1) is 12.6. The molecule has 1 aromatic heterocycles. The molecule has 0 spiro atoms. The third kappa shape index (κ3) is 1.68. The molecule has 0 saturated heterocycles. The van der Waals surface area contributed by atoms with E-state index >= 15 is 0 Å². The molecule has 6 nitrogen and oxygen atoms in total. The maximum absolute atomic E-state index is 10.0. The first-order valence-electron chi connectivity index (χ1n) is 6.18. The van der Waals surface area contributed by atoms with E-state index in [-0.39, 0.29) is 12.4 Å². The quantitative estimate of drug-likeness (QED) is 0.564. The first-order valence-corrected chi connectivity index (χ1v) is 6.18. The maximum atomic E-state index is 10.0. The predicted molar refractivity (Wildman–Crippen MR) is 67.6 cm³/mol. The fourth-order valence-corrected chi connectivity index (χ4v) is 2.69. The monoisotopic (exact) mass is 264 g/mol. The average molecular weight is 264 g/mol. The Morgan fingerprint density at radius 2 is 1.95 bits per heavy atom. The van der Waals surface area contributed by atoms with Gasteiger partial charge in [-0.25, -0.2) is 4.98 Å². The smallest absolute Gasteiger partial charge is 0.142 e. The Morgan fingerprint density at radius 3 is 2.63 bits per heavy atom. The van der Waals surface area contributed by atoms with Crippen LogP contribution >= 0.6 is 0 Å². The van der Waals surface area contributed by atoms with Gasteiger partial charge in [0.2, 0.25) is 0 Å². The van der Waals surface area contributed by atoms with Crippen molar-refractivity contribution in [2.45, 2.75) is 31.3 Å². The molecule has 0 amide bonds. The zero-order valence-electron chi connectivity index (χ0n) is 10.4. The topological polar surface area (TPSA) is 98.7 Å². The van der Waals surface area contributed by atoms with Crippen LogP contribution in [-0.2, 0) is 0 Å². The zero-order valence-corrected chi connectivity index (χ0v) is 10.4. The van der Waals surface area contributed by atoms with Gasteiger partial charge in [-0.3, -0.25) is 0 Å². The van der Waals surface area contributed by atoms with E-state index in [2.05, 4.69) is 4.98 Å². The number of fused-ring (bicyclic) bond motifs is 3. The maximum Gasteiger partial charge on any atom is 0.142 e. The van der Waals surface area contributed by atoms with Crippen molar-refractivity contribution >= 4 is 11.0 Å². The van der Waals surface area contributed by atoms with E-state index in [0.29, 0.717) is 5.52 Å².